The first-order chi connectivity index (χ1) is 7.78. The van der Waals surface area contributed by atoms with Gasteiger partial charge in [-0.15, -0.1) is 0 Å². The van der Waals surface area contributed by atoms with E-state index in [1.54, 1.807) is 12.1 Å². The molecule has 0 unspecified atom stereocenters. The summed E-state index contributed by atoms with van der Waals surface area (Å²) in [6.07, 6.45) is 0. The van der Waals surface area contributed by atoms with E-state index in [9.17, 15) is 13.2 Å². The minimum atomic E-state index is -4.04. The number of amides is 1. The Bertz CT molecular complexity index is 510. The normalized spacial score (nSPS) is 11.2. The minimum Gasteiger partial charge on any atom is -0.351 e. The fraction of sp³-hybridized carbons (Fsp3) is 0.222. The largest absolute Gasteiger partial charge is 0.351 e. The molecular weight excluding hydrogens is 472 g/mol. The standard InChI is InChI=1S/C9H9I2NO4S/c10-7-3-6(4-8(11)5-7)9(13)12-1-2-17(14,15)16/h3-5H,1-2H2,(H,12,13)(H,14,15,16). The highest BCUT2D eigenvalue weighted by Crippen LogP contribution is 2.14. The predicted molar refractivity (Wildman–Crippen MR) is 80.6 cm³/mol. The zero-order valence-corrected chi connectivity index (χ0v) is 13.6. The van der Waals surface area contributed by atoms with Gasteiger partial charge in [-0.2, -0.15) is 8.42 Å². The highest BCUT2D eigenvalue weighted by molar-refractivity contribution is 14.1. The van der Waals surface area contributed by atoms with E-state index in [1.165, 1.54) is 0 Å². The summed E-state index contributed by atoms with van der Waals surface area (Å²) in [4.78, 5) is 11.6. The van der Waals surface area contributed by atoms with Gasteiger partial charge in [0.1, 0.15) is 0 Å². The van der Waals surface area contributed by atoms with Crippen LogP contribution in [0.4, 0.5) is 0 Å². The molecule has 0 atom stereocenters. The number of benzene rings is 1. The number of carbonyl (C=O) groups is 1. The molecule has 0 bridgehead atoms. The van der Waals surface area contributed by atoms with Crippen LogP contribution in [0.2, 0.25) is 0 Å². The van der Waals surface area contributed by atoms with Gasteiger partial charge < -0.3 is 5.32 Å². The fourth-order valence-electron chi connectivity index (χ4n) is 1.08. The van der Waals surface area contributed by atoms with E-state index in [4.69, 9.17) is 4.55 Å². The van der Waals surface area contributed by atoms with E-state index in [-0.39, 0.29) is 12.5 Å². The summed E-state index contributed by atoms with van der Waals surface area (Å²) in [6.45, 7) is -0.111. The number of nitrogens with one attached hydrogen (secondary N) is 1. The summed E-state index contributed by atoms with van der Waals surface area (Å²) < 4.78 is 31.3. The third-order valence-corrected chi connectivity index (χ3v) is 3.74. The number of hydrogen-bond acceptors (Lipinski definition) is 3. The van der Waals surface area contributed by atoms with Crippen LogP contribution in [0.15, 0.2) is 18.2 Å². The second kappa shape index (κ2) is 6.29. The van der Waals surface area contributed by atoms with E-state index >= 15 is 0 Å². The van der Waals surface area contributed by atoms with Crippen LogP contribution in [0.25, 0.3) is 0 Å². The van der Waals surface area contributed by atoms with Crippen LogP contribution in [0.1, 0.15) is 10.4 Å². The first-order valence-electron chi connectivity index (χ1n) is 4.47. The van der Waals surface area contributed by atoms with Gasteiger partial charge in [0.15, 0.2) is 0 Å². The van der Waals surface area contributed by atoms with Gasteiger partial charge in [0.2, 0.25) is 0 Å². The Kier molecular flexibility index (Phi) is 5.60. The van der Waals surface area contributed by atoms with Crippen molar-refractivity contribution in [3.8, 4) is 0 Å². The van der Waals surface area contributed by atoms with Crippen molar-refractivity contribution in [2.45, 2.75) is 0 Å². The Hall–Kier alpha value is 0.0600. The van der Waals surface area contributed by atoms with Crippen LogP contribution in [0, 0.1) is 7.14 Å². The molecule has 0 fully saturated rings. The topological polar surface area (TPSA) is 83.5 Å². The molecule has 94 valence electrons. The zero-order valence-electron chi connectivity index (χ0n) is 8.48. The Morgan fingerprint density at radius 2 is 1.76 bits per heavy atom. The molecule has 8 heteroatoms. The van der Waals surface area contributed by atoms with Gasteiger partial charge in [0.25, 0.3) is 16.0 Å². The summed E-state index contributed by atoms with van der Waals surface area (Å²) in [5.74, 6) is -0.843. The van der Waals surface area contributed by atoms with E-state index in [0.717, 1.165) is 7.14 Å². The third-order valence-electron chi connectivity index (χ3n) is 1.77. The smallest absolute Gasteiger partial charge is 0.266 e. The summed E-state index contributed by atoms with van der Waals surface area (Å²) in [5, 5.41) is 2.43. The highest BCUT2D eigenvalue weighted by Gasteiger charge is 2.09. The number of hydrogen-bond donors (Lipinski definition) is 2. The van der Waals surface area contributed by atoms with E-state index < -0.39 is 15.9 Å². The molecule has 1 aromatic rings. The van der Waals surface area contributed by atoms with Gasteiger partial charge in [-0.1, -0.05) is 0 Å². The summed E-state index contributed by atoms with van der Waals surface area (Å²) >= 11 is 4.19. The van der Waals surface area contributed by atoms with Crippen molar-refractivity contribution in [2.75, 3.05) is 12.3 Å². The average molecular weight is 481 g/mol. The van der Waals surface area contributed by atoms with Crippen molar-refractivity contribution in [2.24, 2.45) is 0 Å². The molecule has 5 nitrogen and oxygen atoms in total. The van der Waals surface area contributed by atoms with Crippen LogP contribution in [-0.2, 0) is 10.1 Å². The van der Waals surface area contributed by atoms with Crippen molar-refractivity contribution >= 4 is 61.2 Å². The second-order valence-corrected chi connectivity index (χ2v) is 7.26. The maximum absolute atomic E-state index is 11.6. The summed E-state index contributed by atoms with van der Waals surface area (Å²) in [5.41, 5.74) is 0.469. The molecular formula is C9H9I2NO4S. The molecule has 17 heavy (non-hydrogen) atoms. The molecule has 0 radical (unpaired) electrons. The van der Waals surface area contributed by atoms with Crippen LogP contribution < -0.4 is 5.32 Å². The number of carbonyl (C=O) groups excluding carboxylic acids is 1. The summed E-state index contributed by atoms with van der Waals surface area (Å²) in [6, 6.07) is 5.31. The third kappa shape index (κ3) is 5.97. The lowest BCUT2D eigenvalue weighted by Gasteiger charge is -2.05. The lowest BCUT2D eigenvalue weighted by atomic mass is 10.2. The Morgan fingerprint density at radius 3 is 2.24 bits per heavy atom. The molecule has 0 aliphatic carbocycles. The van der Waals surface area contributed by atoms with Gasteiger partial charge >= 0.3 is 0 Å². The van der Waals surface area contributed by atoms with E-state index in [2.05, 4.69) is 50.5 Å². The first-order valence-corrected chi connectivity index (χ1v) is 8.24. The predicted octanol–water partition coefficient (Wildman–Crippen LogP) is 1.51. The first kappa shape index (κ1) is 15.1. The Labute approximate surface area is 126 Å². The Morgan fingerprint density at radius 1 is 1.24 bits per heavy atom. The maximum Gasteiger partial charge on any atom is 0.266 e. The van der Waals surface area contributed by atoms with Gasteiger partial charge in [0, 0.05) is 19.2 Å². The van der Waals surface area contributed by atoms with Gasteiger partial charge in [-0.3, -0.25) is 9.35 Å². The van der Waals surface area contributed by atoms with Crippen LogP contribution in [0.5, 0.6) is 0 Å². The molecule has 0 aliphatic heterocycles. The highest BCUT2D eigenvalue weighted by atomic mass is 127. The SMILES string of the molecule is O=C(NCCS(=O)(=O)O)c1cc(I)cc(I)c1. The number of rotatable bonds is 4. The van der Waals surface area contributed by atoms with Crippen molar-refractivity contribution in [1.82, 2.24) is 5.32 Å². The average Bonchev–Trinajstić information content (AvgIpc) is 2.13. The van der Waals surface area contributed by atoms with Crippen molar-refractivity contribution in [1.29, 1.82) is 0 Å². The quantitative estimate of drug-likeness (QED) is 0.505. The molecule has 1 amide bonds. The van der Waals surface area contributed by atoms with Crippen LogP contribution >= 0.6 is 45.2 Å². The molecule has 0 aliphatic rings. The van der Waals surface area contributed by atoms with Crippen LogP contribution in [-0.4, -0.2) is 31.2 Å². The molecule has 0 spiro atoms. The molecule has 0 aromatic heterocycles. The lowest BCUT2D eigenvalue weighted by molar-refractivity contribution is 0.0956. The molecule has 0 saturated carbocycles. The summed E-state index contributed by atoms with van der Waals surface area (Å²) in [7, 11) is -4.04. The van der Waals surface area contributed by atoms with Crippen molar-refractivity contribution < 1.29 is 17.8 Å². The van der Waals surface area contributed by atoms with E-state index in [1.807, 2.05) is 6.07 Å². The fourth-order valence-corrected chi connectivity index (χ4v) is 3.38. The molecule has 1 rings (SSSR count). The molecule has 1 aromatic carbocycles. The van der Waals surface area contributed by atoms with Gasteiger partial charge in [-0.05, 0) is 63.4 Å². The molecule has 0 heterocycles. The minimum absolute atomic E-state index is 0.111. The van der Waals surface area contributed by atoms with Gasteiger partial charge in [0.05, 0.1) is 5.75 Å². The van der Waals surface area contributed by atoms with Gasteiger partial charge in [-0.25, -0.2) is 0 Å². The second-order valence-electron chi connectivity index (χ2n) is 3.20. The monoisotopic (exact) mass is 481 g/mol. The Balaban J connectivity index is 2.64. The maximum atomic E-state index is 11.6. The van der Waals surface area contributed by atoms with Crippen LogP contribution in [0.3, 0.4) is 0 Å². The molecule has 2 N–H and O–H groups in total. The van der Waals surface area contributed by atoms with E-state index in [0.29, 0.717) is 5.56 Å². The zero-order chi connectivity index (χ0) is 13.1. The molecule has 0 saturated heterocycles. The van der Waals surface area contributed by atoms with Crippen molar-refractivity contribution in [3.05, 3.63) is 30.9 Å². The lowest BCUT2D eigenvalue weighted by Crippen LogP contribution is -2.29. The van der Waals surface area contributed by atoms with Crippen molar-refractivity contribution in [3.63, 3.8) is 0 Å². The number of halogens is 2.